The molecule has 34 heavy (non-hydrogen) atoms. The summed E-state index contributed by atoms with van der Waals surface area (Å²) in [7, 11) is 0. The highest BCUT2D eigenvalue weighted by atomic mass is 35.5. The summed E-state index contributed by atoms with van der Waals surface area (Å²) in [5, 5.41) is 12.8. The molecular formula is C28H39ClN4O. The van der Waals surface area contributed by atoms with Crippen LogP contribution in [0.2, 0.25) is 5.02 Å². The summed E-state index contributed by atoms with van der Waals surface area (Å²) in [6.45, 7) is 13.6. The van der Waals surface area contributed by atoms with Gasteiger partial charge in [-0.25, -0.2) is 0 Å². The fraction of sp³-hybridized carbons (Fsp3) is 0.643. The summed E-state index contributed by atoms with van der Waals surface area (Å²) in [6.07, 6.45) is 6.38. The summed E-state index contributed by atoms with van der Waals surface area (Å²) in [5.74, 6) is 0.953. The van der Waals surface area contributed by atoms with E-state index in [9.17, 15) is 4.79 Å². The Balaban J connectivity index is 1.38. The van der Waals surface area contributed by atoms with Crippen LogP contribution in [-0.2, 0) is 10.3 Å². The number of hydrogen-bond donors (Lipinski definition) is 2. The zero-order chi connectivity index (χ0) is 24.5. The van der Waals surface area contributed by atoms with E-state index in [1.807, 2.05) is 16.8 Å². The van der Waals surface area contributed by atoms with E-state index in [1.54, 1.807) is 0 Å². The Hall–Kier alpha value is -1.85. The van der Waals surface area contributed by atoms with E-state index in [4.69, 9.17) is 16.7 Å². The largest absolute Gasteiger partial charge is 0.351 e. The summed E-state index contributed by atoms with van der Waals surface area (Å²) in [6, 6.07) is 10.1. The van der Waals surface area contributed by atoms with Gasteiger partial charge in [0.25, 0.3) is 0 Å². The van der Waals surface area contributed by atoms with Crippen LogP contribution >= 0.6 is 11.6 Å². The Bertz CT molecular complexity index is 1070. The van der Waals surface area contributed by atoms with Gasteiger partial charge in [-0.1, -0.05) is 44.5 Å². The molecule has 6 atom stereocenters. The number of hydrogen-bond acceptors (Lipinski definition) is 3. The van der Waals surface area contributed by atoms with Crippen LogP contribution in [0.15, 0.2) is 36.5 Å². The number of benzene rings is 1. The van der Waals surface area contributed by atoms with Crippen molar-refractivity contribution in [1.82, 2.24) is 20.4 Å². The standard InChI is InChI=1S/C28H39ClN4O/c1-26(2,3)33-14-12-21(32-33)20-16-22(30-24(20)17-7-9-19(29)10-8-17)25(34)31-23-15-18-11-13-28(23,6)27(18,4)5/h7-10,12,14,18,20,22-24,30H,11,13,15-16H2,1-6H3,(H,31,34)/t18?,20?,22-,23-,24-,28-/m0/s1. The van der Waals surface area contributed by atoms with Gasteiger partial charge in [0.2, 0.25) is 5.91 Å². The van der Waals surface area contributed by atoms with Crippen molar-refractivity contribution in [2.75, 3.05) is 0 Å². The van der Waals surface area contributed by atoms with Crippen LogP contribution in [0.4, 0.5) is 0 Å². The molecule has 3 aliphatic rings. The number of nitrogens with one attached hydrogen (secondary N) is 2. The number of carbonyl (C=O) groups excluding carboxylic acids is 1. The highest BCUT2D eigenvalue weighted by Gasteiger charge is 2.61. The van der Waals surface area contributed by atoms with E-state index >= 15 is 0 Å². The first-order valence-electron chi connectivity index (χ1n) is 12.8. The van der Waals surface area contributed by atoms with Crippen molar-refractivity contribution < 1.29 is 4.79 Å². The normalized spacial score (nSPS) is 34.5. The average Bonchev–Trinajstić information content (AvgIpc) is 3.50. The number of rotatable bonds is 4. The number of carbonyl (C=O) groups is 1. The van der Waals surface area contributed by atoms with Crippen LogP contribution in [0.3, 0.4) is 0 Å². The molecule has 2 N–H and O–H groups in total. The number of fused-ring (bicyclic) bond motifs is 2. The van der Waals surface area contributed by atoms with Crippen molar-refractivity contribution in [2.24, 2.45) is 16.7 Å². The smallest absolute Gasteiger partial charge is 0.237 e. The second kappa shape index (κ2) is 8.09. The molecule has 5 nitrogen and oxygen atoms in total. The van der Waals surface area contributed by atoms with Crippen LogP contribution in [0, 0.1) is 16.7 Å². The average molecular weight is 483 g/mol. The Morgan fingerprint density at radius 2 is 1.85 bits per heavy atom. The van der Waals surface area contributed by atoms with Crippen molar-refractivity contribution >= 4 is 17.5 Å². The lowest BCUT2D eigenvalue weighted by Crippen LogP contribution is -2.51. The van der Waals surface area contributed by atoms with Gasteiger partial charge in [-0.2, -0.15) is 5.10 Å². The maximum Gasteiger partial charge on any atom is 0.237 e. The van der Waals surface area contributed by atoms with E-state index in [0.717, 1.165) is 29.1 Å². The molecule has 5 rings (SSSR count). The third-order valence-electron chi connectivity index (χ3n) is 9.61. The molecule has 1 saturated heterocycles. The predicted octanol–water partition coefficient (Wildman–Crippen LogP) is 5.81. The highest BCUT2D eigenvalue weighted by molar-refractivity contribution is 6.30. The maximum atomic E-state index is 13.6. The number of amides is 1. The van der Waals surface area contributed by atoms with E-state index in [0.29, 0.717) is 5.92 Å². The molecule has 6 heteroatoms. The molecule has 1 aliphatic heterocycles. The first-order valence-corrected chi connectivity index (χ1v) is 13.2. The summed E-state index contributed by atoms with van der Waals surface area (Å²) in [5.41, 5.74) is 2.55. The van der Waals surface area contributed by atoms with Gasteiger partial charge < -0.3 is 5.32 Å². The van der Waals surface area contributed by atoms with Gasteiger partial charge in [0.1, 0.15) is 0 Å². The Labute approximate surface area is 209 Å². The molecule has 2 heterocycles. The van der Waals surface area contributed by atoms with Crippen molar-refractivity contribution in [3.05, 3.63) is 52.8 Å². The van der Waals surface area contributed by atoms with Crippen molar-refractivity contribution in [2.45, 2.75) is 96.8 Å². The lowest BCUT2D eigenvalue weighted by molar-refractivity contribution is -0.124. The van der Waals surface area contributed by atoms with Crippen LogP contribution in [0.5, 0.6) is 0 Å². The molecule has 1 aromatic carbocycles. The minimum atomic E-state index is -0.240. The second-order valence-corrected chi connectivity index (χ2v) is 13.1. The SMILES string of the molecule is CC(C)(C)n1ccc(C2C[C@@H](C(=O)N[C@H]3CC4CC[C@]3(C)C4(C)C)N[C@H]2c2ccc(Cl)cc2)n1. The topological polar surface area (TPSA) is 59.0 Å². The zero-order valence-electron chi connectivity index (χ0n) is 21.4. The first-order chi connectivity index (χ1) is 15.9. The van der Waals surface area contributed by atoms with Gasteiger partial charge in [0, 0.05) is 29.2 Å². The van der Waals surface area contributed by atoms with Crippen LogP contribution < -0.4 is 10.6 Å². The highest BCUT2D eigenvalue weighted by Crippen LogP contribution is 2.65. The van der Waals surface area contributed by atoms with Gasteiger partial charge in [-0.15, -0.1) is 0 Å². The van der Waals surface area contributed by atoms with Gasteiger partial charge >= 0.3 is 0 Å². The Kier molecular flexibility index (Phi) is 5.68. The van der Waals surface area contributed by atoms with E-state index in [2.05, 4.69) is 76.6 Å². The molecule has 0 radical (unpaired) electrons. The predicted molar refractivity (Wildman–Crippen MR) is 137 cm³/mol. The van der Waals surface area contributed by atoms with Gasteiger partial charge in [0.15, 0.2) is 0 Å². The van der Waals surface area contributed by atoms with Gasteiger partial charge in [-0.05, 0) is 87.0 Å². The summed E-state index contributed by atoms with van der Waals surface area (Å²) in [4.78, 5) is 13.6. The van der Waals surface area contributed by atoms with Crippen LogP contribution in [0.1, 0.15) is 90.4 Å². The monoisotopic (exact) mass is 482 g/mol. The second-order valence-electron chi connectivity index (χ2n) is 12.6. The summed E-state index contributed by atoms with van der Waals surface area (Å²) < 4.78 is 2.02. The molecule has 2 unspecified atom stereocenters. The summed E-state index contributed by atoms with van der Waals surface area (Å²) >= 11 is 6.17. The van der Waals surface area contributed by atoms with E-state index < -0.39 is 0 Å². The lowest BCUT2D eigenvalue weighted by atomic mass is 9.69. The zero-order valence-corrected chi connectivity index (χ0v) is 22.1. The third kappa shape index (κ3) is 3.80. The van der Waals surface area contributed by atoms with Crippen molar-refractivity contribution in [3.63, 3.8) is 0 Å². The molecule has 2 aromatic rings. The maximum absolute atomic E-state index is 13.6. The number of aromatic nitrogens is 2. The van der Waals surface area contributed by atoms with Gasteiger partial charge in [-0.3, -0.25) is 14.8 Å². The van der Waals surface area contributed by atoms with Crippen LogP contribution in [0.25, 0.3) is 0 Å². The number of halogens is 1. The Morgan fingerprint density at radius 1 is 1.15 bits per heavy atom. The third-order valence-corrected chi connectivity index (χ3v) is 9.86. The molecule has 184 valence electrons. The fourth-order valence-corrected chi connectivity index (χ4v) is 6.99. The quantitative estimate of drug-likeness (QED) is 0.578. The van der Waals surface area contributed by atoms with Crippen molar-refractivity contribution in [1.29, 1.82) is 0 Å². The van der Waals surface area contributed by atoms with Crippen molar-refractivity contribution in [3.8, 4) is 0 Å². The minimum absolute atomic E-state index is 0.0170. The first kappa shape index (κ1) is 23.9. The lowest BCUT2D eigenvalue weighted by Gasteiger charge is -2.39. The fourth-order valence-electron chi connectivity index (χ4n) is 6.87. The molecule has 2 bridgehead atoms. The minimum Gasteiger partial charge on any atom is -0.351 e. The molecule has 1 amide bonds. The molecule has 2 aliphatic carbocycles. The molecule has 2 saturated carbocycles. The molecular weight excluding hydrogens is 444 g/mol. The van der Waals surface area contributed by atoms with E-state index in [-0.39, 0.29) is 46.3 Å². The van der Waals surface area contributed by atoms with E-state index in [1.165, 1.54) is 12.8 Å². The number of nitrogens with zero attached hydrogens (tertiary/aromatic N) is 2. The Morgan fingerprint density at radius 3 is 2.41 bits per heavy atom. The molecule has 3 fully saturated rings. The van der Waals surface area contributed by atoms with Crippen LogP contribution in [-0.4, -0.2) is 27.8 Å². The van der Waals surface area contributed by atoms with Gasteiger partial charge in [0.05, 0.1) is 17.3 Å². The molecule has 0 spiro atoms. The molecule has 1 aromatic heterocycles.